The van der Waals surface area contributed by atoms with E-state index in [1.165, 1.54) is 0 Å². The molecule has 1 saturated carbocycles. The van der Waals surface area contributed by atoms with E-state index in [-0.39, 0.29) is 12.0 Å². The molecule has 4 heteroatoms. The monoisotopic (exact) mass is 289 g/mol. The summed E-state index contributed by atoms with van der Waals surface area (Å²) in [5.41, 5.74) is 1.15. The first-order valence-electron chi connectivity index (χ1n) is 7.79. The van der Waals surface area contributed by atoms with Crippen LogP contribution in [0.1, 0.15) is 24.8 Å². The van der Waals surface area contributed by atoms with Gasteiger partial charge in [-0.25, -0.2) is 0 Å². The van der Waals surface area contributed by atoms with Crippen LogP contribution in [0.4, 0.5) is 0 Å². The average Bonchev–Trinajstić information content (AvgIpc) is 3.02. The van der Waals surface area contributed by atoms with Crippen molar-refractivity contribution in [2.75, 3.05) is 19.7 Å². The number of aliphatic hydroxyl groups is 1. The van der Waals surface area contributed by atoms with Crippen LogP contribution in [0, 0.1) is 18.8 Å². The van der Waals surface area contributed by atoms with Crippen molar-refractivity contribution in [1.82, 2.24) is 4.90 Å². The fourth-order valence-corrected chi connectivity index (χ4v) is 3.56. The number of benzene rings is 1. The fourth-order valence-electron chi connectivity index (χ4n) is 3.56. The van der Waals surface area contributed by atoms with Crippen LogP contribution in [-0.2, 0) is 4.79 Å². The number of rotatable bonds is 4. The first-order valence-corrected chi connectivity index (χ1v) is 7.79. The van der Waals surface area contributed by atoms with Gasteiger partial charge in [0.15, 0.2) is 0 Å². The zero-order chi connectivity index (χ0) is 14.8. The van der Waals surface area contributed by atoms with E-state index >= 15 is 0 Å². The lowest BCUT2D eigenvalue weighted by Gasteiger charge is -2.18. The minimum absolute atomic E-state index is 0.143. The van der Waals surface area contributed by atoms with E-state index in [1.54, 1.807) is 0 Å². The van der Waals surface area contributed by atoms with Crippen LogP contribution in [0.5, 0.6) is 5.75 Å². The fraction of sp³-hybridized carbons (Fsp3) is 0.588. The second kappa shape index (κ2) is 6.06. The molecular formula is C17H23NO3. The number of likely N-dealkylation sites (tertiary alicyclic amines) is 1. The van der Waals surface area contributed by atoms with Crippen LogP contribution in [0.2, 0.25) is 0 Å². The molecule has 0 aromatic heterocycles. The predicted octanol–water partition coefficient (Wildman–Crippen LogP) is 1.99. The first kappa shape index (κ1) is 14.4. The molecule has 1 aliphatic carbocycles. The Balaban J connectivity index is 1.45. The molecule has 1 aromatic rings. The number of nitrogens with zero attached hydrogens (tertiary/aromatic N) is 1. The standard InChI is InChI=1S/C17H23NO3/c1-12-3-2-4-14(9-12)21-8-7-17(20)18-10-13-5-6-16(19)15(13)11-18/h2-4,9,13,15-16,19H,5-8,10-11H2,1H3. The highest BCUT2D eigenvalue weighted by molar-refractivity contribution is 5.76. The van der Waals surface area contributed by atoms with Crippen molar-refractivity contribution in [2.45, 2.75) is 32.3 Å². The van der Waals surface area contributed by atoms with Gasteiger partial charge < -0.3 is 14.7 Å². The van der Waals surface area contributed by atoms with Crippen molar-refractivity contribution in [2.24, 2.45) is 11.8 Å². The summed E-state index contributed by atoms with van der Waals surface area (Å²) in [4.78, 5) is 14.1. The zero-order valence-electron chi connectivity index (χ0n) is 12.5. The molecule has 1 aliphatic heterocycles. The van der Waals surface area contributed by atoms with Crippen molar-refractivity contribution >= 4 is 5.91 Å². The van der Waals surface area contributed by atoms with Crippen LogP contribution in [0.15, 0.2) is 24.3 Å². The number of carbonyl (C=O) groups excluding carboxylic acids is 1. The maximum atomic E-state index is 12.2. The van der Waals surface area contributed by atoms with Crippen molar-refractivity contribution in [3.05, 3.63) is 29.8 Å². The highest BCUT2D eigenvalue weighted by atomic mass is 16.5. The Morgan fingerprint density at radius 3 is 3.00 bits per heavy atom. The molecule has 3 atom stereocenters. The summed E-state index contributed by atoms with van der Waals surface area (Å²) in [6.45, 7) is 3.96. The Hall–Kier alpha value is -1.55. The molecule has 1 heterocycles. The summed E-state index contributed by atoms with van der Waals surface area (Å²) < 4.78 is 5.64. The summed E-state index contributed by atoms with van der Waals surface area (Å²) in [5.74, 6) is 1.76. The molecule has 2 aliphatic rings. The Morgan fingerprint density at radius 1 is 1.38 bits per heavy atom. The molecule has 2 fully saturated rings. The number of aliphatic hydroxyl groups excluding tert-OH is 1. The molecule has 0 spiro atoms. The average molecular weight is 289 g/mol. The smallest absolute Gasteiger partial charge is 0.226 e. The van der Waals surface area contributed by atoms with E-state index in [4.69, 9.17) is 4.74 Å². The van der Waals surface area contributed by atoms with Gasteiger partial charge in [-0.15, -0.1) is 0 Å². The summed E-state index contributed by atoms with van der Waals surface area (Å²) >= 11 is 0. The molecule has 0 radical (unpaired) electrons. The third-order valence-corrected chi connectivity index (χ3v) is 4.75. The minimum atomic E-state index is -0.212. The predicted molar refractivity (Wildman–Crippen MR) is 80.1 cm³/mol. The van der Waals surface area contributed by atoms with Crippen LogP contribution < -0.4 is 4.74 Å². The SMILES string of the molecule is Cc1cccc(OCCC(=O)N2CC3CCC(O)C3C2)c1. The first-order chi connectivity index (χ1) is 10.1. The van der Waals surface area contributed by atoms with Gasteiger partial charge in [0.25, 0.3) is 0 Å². The highest BCUT2D eigenvalue weighted by Gasteiger charge is 2.42. The van der Waals surface area contributed by atoms with Crippen molar-refractivity contribution in [3.8, 4) is 5.75 Å². The molecule has 1 N–H and O–H groups in total. The van der Waals surface area contributed by atoms with Crippen LogP contribution in [-0.4, -0.2) is 41.7 Å². The van der Waals surface area contributed by atoms with Gasteiger partial charge in [0.2, 0.25) is 5.91 Å². The summed E-state index contributed by atoms with van der Waals surface area (Å²) in [5, 5.41) is 9.89. The number of ether oxygens (including phenoxy) is 1. The molecule has 4 nitrogen and oxygen atoms in total. The van der Waals surface area contributed by atoms with Crippen molar-refractivity contribution < 1.29 is 14.6 Å². The summed E-state index contributed by atoms with van der Waals surface area (Å²) in [7, 11) is 0. The quantitative estimate of drug-likeness (QED) is 0.922. The number of fused-ring (bicyclic) bond motifs is 1. The molecule has 3 rings (SSSR count). The van der Waals surface area contributed by atoms with Crippen LogP contribution in [0.25, 0.3) is 0 Å². The molecule has 3 unspecified atom stereocenters. The maximum Gasteiger partial charge on any atom is 0.226 e. The lowest BCUT2D eigenvalue weighted by Crippen LogP contribution is -2.31. The normalized spacial score (nSPS) is 27.7. The molecule has 114 valence electrons. The van der Waals surface area contributed by atoms with Gasteiger partial charge in [0.05, 0.1) is 19.1 Å². The van der Waals surface area contributed by atoms with E-state index in [1.807, 2.05) is 36.1 Å². The third kappa shape index (κ3) is 3.21. The lowest BCUT2D eigenvalue weighted by atomic mass is 10.00. The van der Waals surface area contributed by atoms with Crippen molar-refractivity contribution in [1.29, 1.82) is 0 Å². The van der Waals surface area contributed by atoms with E-state index in [9.17, 15) is 9.90 Å². The largest absolute Gasteiger partial charge is 0.493 e. The summed E-state index contributed by atoms with van der Waals surface area (Å²) in [6, 6.07) is 7.86. The van der Waals surface area contributed by atoms with Gasteiger partial charge in [0.1, 0.15) is 5.75 Å². The molecule has 0 bridgehead atoms. The number of hydrogen-bond donors (Lipinski definition) is 1. The highest BCUT2D eigenvalue weighted by Crippen LogP contribution is 2.38. The van der Waals surface area contributed by atoms with E-state index in [2.05, 4.69) is 0 Å². The van der Waals surface area contributed by atoms with Gasteiger partial charge in [0, 0.05) is 19.0 Å². The Morgan fingerprint density at radius 2 is 2.24 bits per heavy atom. The van der Waals surface area contributed by atoms with E-state index in [0.717, 1.165) is 37.2 Å². The van der Waals surface area contributed by atoms with E-state index in [0.29, 0.717) is 24.9 Å². The summed E-state index contributed by atoms with van der Waals surface area (Å²) in [6.07, 6.45) is 2.14. The van der Waals surface area contributed by atoms with Gasteiger partial charge in [-0.2, -0.15) is 0 Å². The van der Waals surface area contributed by atoms with Crippen LogP contribution in [0.3, 0.4) is 0 Å². The zero-order valence-corrected chi connectivity index (χ0v) is 12.5. The number of aryl methyl sites for hydroxylation is 1. The maximum absolute atomic E-state index is 12.2. The van der Waals surface area contributed by atoms with Gasteiger partial charge in [-0.05, 0) is 43.4 Å². The Bertz CT molecular complexity index is 517. The second-order valence-electron chi connectivity index (χ2n) is 6.28. The molecule has 1 amide bonds. The van der Waals surface area contributed by atoms with Crippen LogP contribution >= 0.6 is 0 Å². The molecule has 1 saturated heterocycles. The number of hydrogen-bond acceptors (Lipinski definition) is 3. The number of carbonyl (C=O) groups is 1. The number of amides is 1. The third-order valence-electron chi connectivity index (χ3n) is 4.75. The Labute approximate surface area is 125 Å². The van der Waals surface area contributed by atoms with Gasteiger partial charge in [-0.1, -0.05) is 12.1 Å². The molecule has 21 heavy (non-hydrogen) atoms. The van der Waals surface area contributed by atoms with Crippen molar-refractivity contribution in [3.63, 3.8) is 0 Å². The van der Waals surface area contributed by atoms with Gasteiger partial charge in [-0.3, -0.25) is 4.79 Å². The van der Waals surface area contributed by atoms with E-state index < -0.39 is 0 Å². The topological polar surface area (TPSA) is 49.8 Å². The van der Waals surface area contributed by atoms with Gasteiger partial charge >= 0.3 is 0 Å². The molecule has 1 aromatic carbocycles. The molecular weight excluding hydrogens is 266 g/mol. The Kier molecular flexibility index (Phi) is 4.15. The minimum Gasteiger partial charge on any atom is -0.493 e. The second-order valence-corrected chi connectivity index (χ2v) is 6.28. The lowest BCUT2D eigenvalue weighted by molar-refractivity contribution is -0.131.